The number of aromatic nitrogens is 1. The number of nitrogens with one attached hydrogen (secondary N) is 1. The van der Waals surface area contributed by atoms with Crippen LogP contribution in [0.5, 0.6) is 0 Å². The summed E-state index contributed by atoms with van der Waals surface area (Å²) < 4.78 is 15.0. The maximum absolute atomic E-state index is 14.1. The average Bonchev–Trinajstić information content (AvgIpc) is 3.26. The van der Waals surface area contributed by atoms with Crippen LogP contribution in [0.4, 0.5) is 4.39 Å². The standard InChI is InChI=1S/C15H14BrFN2S/c16-11-4-7-14(19-9-11)20-15-10(2-1-3-13(15)17)8-18-12-5-6-12/h1-4,7,9,12,18H,5-6,8H2. The summed E-state index contributed by atoms with van der Waals surface area (Å²) in [5.41, 5.74) is 0.992. The van der Waals surface area contributed by atoms with E-state index in [9.17, 15) is 4.39 Å². The number of hydrogen-bond donors (Lipinski definition) is 1. The van der Waals surface area contributed by atoms with Gasteiger partial charge in [0, 0.05) is 23.3 Å². The van der Waals surface area contributed by atoms with Gasteiger partial charge in [-0.3, -0.25) is 0 Å². The molecule has 1 aromatic heterocycles. The van der Waals surface area contributed by atoms with Crippen molar-refractivity contribution in [2.45, 2.75) is 35.3 Å². The van der Waals surface area contributed by atoms with Crippen molar-refractivity contribution in [3.8, 4) is 0 Å². The third kappa shape index (κ3) is 3.59. The zero-order valence-electron chi connectivity index (χ0n) is 10.8. The van der Waals surface area contributed by atoms with Gasteiger partial charge in [0.2, 0.25) is 0 Å². The third-order valence-corrected chi connectivity index (χ3v) is 4.69. The van der Waals surface area contributed by atoms with Gasteiger partial charge in [-0.25, -0.2) is 9.37 Å². The fourth-order valence-corrected chi connectivity index (χ4v) is 3.00. The van der Waals surface area contributed by atoms with Crippen molar-refractivity contribution in [3.63, 3.8) is 0 Å². The van der Waals surface area contributed by atoms with Crippen LogP contribution in [0, 0.1) is 5.82 Å². The highest BCUT2D eigenvalue weighted by Gasteiger charge is 2.21. The monoisotopic (exact) mass is 352 g/mol. The van der Waals surface area contributed by atoms with Crippen molar-refractivity contribution in [3.05, 3.63) is 52.4 Å². The molecule has 0 saturated heterocycles. The molecule has 0 bridgehead atoms. The first-order chi connectivity index (χ1) is 9.72. The SMILES string of the molecule is Fc1cccc(CNC2CC2)c1Sc1ccc(Br)cn1. The first kappa shape index (κ1) is 14.0. The highest BCUT2D eigenvalue weighted by atomic mass is 79.9. The van der Waals surface area contributed by atoms with E-state index in [0.29, 0.717) is 17.5 Å². The molecule has 1 fully saturated rings. The Kier molecular flexibility index (Phi) is 4.38. The van der Waals surface area contributed by atoms with Crippen LogP contribution in [-0.2, 0) is 6.54 Å². The second-order valence-corrected chi connectivity index (χ2v) is 6.75. The van der Waals surface area contributed by atoms with Crippen molar-refractivity contribution in [1.82, 2.24) is 10.3 Å². The average molecular weight is 353 g/mol. The molecule has 1 aromatic carbocycles. The molecule has 104 valence electrons. The van der Waals surface area contributed by atoms with Crippen LogP contribution in [0.25, 0.3) is 0 Å². The Morgan fingerprint density at radius 3 is 2.85 bits per heavy atom. The minimum absolute atomic E-state index is 0.185. The van der Waals surface area contributed by atoms with Crippen LogP contribution in [0.15, 0.2) is 50.9 Å². The molecule has 5 heteroatoms. The molecular weight excluding hydrogens is 339 g/mol. The molecule has 1 aliphatic carbocycles. The Morgan fingerprint density at radius 2 is 2.15 bits per heavy atom. The Morgan fingerprint density at radius 1 is 1.30 bits per heavy atom. The number of hydrogen-bond acceptors (Lipinski definition) is 3. The molecule has 0 spiro atoms. The van der Waals surface area contributed by atoms with Gasteiger partial charge in [0.1, 0.15) is 10.8 Å². The van der Waals surface area contributed by atoms with Crippen molar-refractivity contribution in [1.29, 1.82) is 0 Å². The Balaban J connectivity index is 1.80. The van der Waals surface area contributed by atoms with Crippen molar-refractivity contribution in [2.75, 3.05) is 0 Å². The molecular formula is C15H14BrFN2S. The first-order valence-electron chi connectivity index (χ1n) is 6.52. The minimum atomic E-state index is -0.185. The van der Waals surface area contributed by atoms with Gasteiger partial charge in [-0.1, -0.05) is 23.9 Å². The van der Waals surface area contributed by atoms with Crippen molar-refractivity contribution < 1.29 is 4.39 Å². The lowest BCUT2D eigenvalue weighted by molar-refractivity contribution is 0.589. The van der Waals surface area contributed by atoms with E-state index in [1.807, 2.05) is 18.2 Å². The maximum Gasteiger partial charge on any atom is 0.137 e. The molecule has 2 aromatic rings. The normalized spacial score (nSPS) is 14.5. The van der Waals surface area contributed by atoms with E-state index in [2.05, 4.69) is 26.2 Å². The lowest BCUT2D eigenvalue weighted by atomic mass is 10.2. The van der Waals surface area contributed by atoms with E-state index in [4.69, 9.17) is 0 Å². The van der Waals surface area contributed by atoms with Crippen LogP contribution in [0.3, 0.4) is 0 Å². The third-order valence-electron chi connectivity index (χ3n) is 3.11. The summed E-state index contributed by atoms with van der Waals surface area (Å²) in [6.07, 6.45) is 4.18. The molecule has 0 aliphatic heterocycles. The van der Waals surface area contributed by atoms with E-state index < -0.39 is 0 Å². The molecule has 1 N–H and O–H groups in total. The Labute approximate surface area is 130 Å². The molecule has 1 aliphatic rings. The van der Waals surface area contributed by atoms with Crippen LogP contribution >= 0.6 is 27.7 Å². The molecule has 3 rings (SSSR count). The first-order valence-corrected chi connectivity index (χ1v) is 8.13. The quantitative estimate of drug-likeness (QED) is 0.863. The maximum atomic E-state index is 14.1. The summed E-state index contributed by atoms with van der Waals surface area (Å²) in [7, 11) is 0. The number of nitrogens with zero attached hydrogens (tertiary/aromatic N) is 1. The van der Waals surface area contributed by atoms with E-state index in [0.717, 1.165) is 15.1 Å². The van der Waals surface area contributed by atoms with Crippen LogP contribution < -0.4 is 5.32 Å². The molecule has 1 saturated carbocycles. The summed E-state index contributed by atoms with van der Waals surface area (Å²) in [5.74, 6) is -0.185. The summed E-state index contributed by atoms with van der Waals surface area (Å²) in [4.78, 5) is 4.95. The van der Waals surface area contributed by atoms with Crippen LogP contribution in [-0.4, -0.2) is 11.0 Å². The molecule has 0 radical (unpaired) electrons. The van der Waals surface area contributed by atoms with E-state index in [1.54, 1.807) is 12.3 Å². The minimum Gasteiger partial charge on any atom is -0.310 e. The summed E-state index contributed by atoms with van der Waals surface area (Å²) >= 11 is 4.73. The van der Waals surface area contributed by atoms with Gasteiger partial charge >= 0.3 is 0 Å². The van der Waals surface area contributed by atoms with Gasteiger partial charge in [-0.15, -0.1) is 0 Å². The predicted molar refractivity (Wildman–Crippen MR) is 82.3 cm³/mol. The Hall–Kier alpha value is -0.910. The van der Waals surface area contributed by atoms with Crippen LogP contribution in [0.1, 0.15) is 18.4 Å². The Bertz CT molecular complexity index is 599. The summed E-state index contributed by atoms with van der Waals surface area (Å²) in [6.45, 7) is 0.710. The number of rotatable bonds is 5. The van der Waals surface area contributed by atoms with Gasteiger partial charge in [-0.2, -0.15) is 0 Å². The number of benzene rings is 1. The topological polar surface area (TPSA) is 24.9 Å². The fourth-order valence-electron chi connectivity index (χ4n) is 1.88. The van der Waals surface area contributed by atoms with E-state index in [-0.39, 0.29) is 5.82 Å². The largest absolute Gasteiger partial charge is 0.310 e. The zero-order chi connectivity index (χ0) is 13.9. The zero-order valence-corrected chi connectivity index (χ0v) is 13.2. The lowest BCUT2D eigenvalue weighted by Crippen LogP contribution is -2.16. The summed E-state index contributed by atoms with van der Waals surface area (Å²) in [5, 5.41) is 4.22. The van der Waals surface area contributed by atoms with Gasteiger partial charge in [0.05, 0.1) is 4.90 Å². The van der Waals surface area contributed by atoms with Gasteiger partial charge in [0.25, 0.3) is 0 Å². The molecule has 0 amide bonds. The van der Waals surface area contributed by atoms with Crippen molar-refractivity contribution in [2.24, 2.45) is 0 Å². The highest BCUT2D eigenvalue weighted by molar-refractivity contribution is 9.10. The van der Waals surface area contributed by atoms with E-state index >= 15 is 0 Å². The van der Waals surface area contributed by atoms with Crippen molar-refractivity contribution >= 4 is 27.7 Å². The number of pyridine rings is 1. The lowest BCUT2D eigenvalue weighted by Gasteiger charge is -2.10. The fraction of sp³-hybridized carbons (Fsp3) is 0.267. The molecule has 0 atom stereocenters. The van der Waals surface area contributed by atoms with Gasteiger partial charge < -0.3 is 5.32 Å². The van der Waals surface area contributed by atoms with Crippen LogP contribution in [0.2, 0.25) is 0 Å². The predicted octanol–water partition coefficient (Wildman–Crippen LogP) is 4.39. The van der Waals surface area contributed by atoms with Gasteiger partial charge in [-0.05, 0) is 52.5 Å². The molecule has 1 heterocycles. The second kappa shape index (κ2) is 6.24. The molecule has 20 heavy (non-hydrogen) atoms. The van der Waals surface area contributed by atoms with E-state index in [1.165, 1.54) is 30.7 Å². The second-order valence-electron chi connectivity index (χ2n) is 4.80. The highest BCUT2D eigenvalue weighted by Crippen LogP contribution is 2.32. The molecule has 0 unspecified atom stereocenters. The summed E-state index contributed by atoms with van der Waals surface area (Å²) in [6, 6.07) is 9.65. The van der Waals surface area contributed by atoms with Gasteiger partial charge in [0.15, 0.2) is 0 Å². The number of halogens is 2. The smallest absolute Gasteiger partial charge is 0.137 e. The molecule has 2 nitrogen and oxygen atoms in total.